The van der Waals surface area contributed by atoms with Crippen molar-refractivity contribution >= 4 is 22.8 Å². The van der Waals surface area contributed by atoms with Crippen molar-refractivity contribution in [2.45, 2.75) is 13.0 Å². The summed E-state index contributed by atoms with van der Waals surface area (Å²) in [5.41, 5.74) is 1.17. The number of nitrogens with one attached hydrogen (secondary N) is 2. The van der Waals surface area contributed by atoms with Gasteiger partial charge in [-0.05, 0) is 37.3 Å². The third-order valence-electron chi connectivity index (χ3n) is 4.29. The quantitative estimate of drug-likeness (QED) is 0.725. The number of rotatable bonds is 5. The highest BCUT2D eigenvalue weighted by atomic mass is 16.7. The van der Waals surface area contributed by atoms with E-state index in [2.05, 4.69) is 10.6 Å². The fraction of sp³-hybridized carbons (Fsp3) is 0.200. The first-order valence-electron chi connectivity index (χ1n) is 8.56. The number of hydrogen-bond donors (Lipinski definition) is 2. The largest absolute Gasteiger partial charge is 0.459 e. The summed E-state index contributed by atoms with van der Waals surface area (Å²) in [6.07, 6.45) is 0. The lowest BCUT2D eigenvalue weighted by Crippen LogP contribution is -2.37. The molecule has 0 bridgehead atoms. The Labute approximate surface area is 155 Å². The smallest absolute Gasteiger partial charge is 0.251 e. The standard InChI is InChI=1S/C20H18N2O5/c1-12(17-8-13-4-2-3-5-15(13)27-17)22-19(23)10-21-20(24)14-6-7-16-18(9-14)26-11-25-16/h2-9,12H,10-11H2,1H3,(H,21,24)(H,22,23)/t12-/m0/s1. The van der Waals surface area contributed by atoms with Crippen LogP contribution in [0, 0.1) is 0 Å². The highest BCUT2D eigenvalue weighted by Crippen LogP contribution is 2.32. The van der Waals surface area contributed by atoms with Crippen molar-refractivity contribution in [2.24, 2.45) is 0 Å². The number of ether oxygens (including phenoxy) is 2. The van der Waals surface area contributed by atoms with Crippen LogP contribution in [0.1, 0.15) is 29.1 Å². The van der Waals surface area contributed by atoms with E-state index in [0.717, 1.165) is 11.0 Å². The molecule has 1 aliphatic rings. The highest BCUT2D eigenvalue weighted by molar-refractivity contribution is 5.97. The Morgan fingerprint density at radius 3 is 2.74 bits per heavy atom. The predicted octanol–water partition coefficient (Wildman–Crippen LogP) is 2.77. The van der Waals surface area contributed by atoms with Gasteiger partial charge in [-0.3, -0.25) is 9.59 Å². The minimum atomic E-state index is -0.361. The average Bonchev–Trinajstić information content (AvgIpc) is 3.31. The van der Waals surface area contributed by atoms with Crippen molar-refractivity contribution in [3.8, 4) is 11.5 Å². The van der Waals surface area contributed by atoms with Crippen molar-refractivity contribution < 1.29 is 23.5 Å². The van der Waals surface area contributed by atoms with Crippen LogP contribution < -0.4 is 20.1 Å². The van der Waals surface area contributed by atoms with E-state index in [-0.39, 0.29) is 31.2 Å². The minimum Gasteiger partial charge on any atom is -0.459 e. The molecule has 0 aliphatic carbocycles. The molecule has 1 aliphatic heterocycles. The molecule has 0 radical (unpaired) electrons. The maximum absolute atomic E-state index is 12.2. The predicted molar refractivity (Wildman–Crippen MR) is 97.7 cm³/mol. The first-order chi connectivity index (χ1) is 13.1. The SMILES string of the molecule is C[C@H](NC(=O)CNC(=O)c1ccc2c(c1)OCO2)c1cc2ccccc2o1. The Kier molecular flexibility index (Phi) is 4.42. The van der Waals surface area contributed by atoms with Crippen molar-refractivity contribution in [1.82, 2.24) is 10.6 Å². The highest BCUT2D eigenvalue weighted by Gasteiger charge is 2.18. The van der Waals surface area contributed by atoms with Crippen LogP contribution in [0.25, 0.3) is 11.0 Å². The zero-order valence-electron chi connectivity index (χ0n) is 14.7. The van der Waals surface area contributed by atoms with Gasteiger partial charge in [-0.15, -0.1) is 0 Å². The Hall–Kier alpha value is -3.48. The fourth-order valence-corrected chi connectivity index (χ4v) is 2.88. The molecule has 2 heterocycles. The molecule has 138 valence electrons. The molecule has 27 heavy (non-hydrogen) atoms. The lowest BCUT2D eigenvalue weighted by molar-refractivity contribution is -0.120. The van der Waals surface area contributed by atoms with Crippen LogP contribution in [0.3, 0.4) is 0 Å². The summed E-state index contributed by atoms with van der Waals surface area (Å²) in [5, 5.41) is 6.39. The van der Waals surface area contributed by atoms with Gasteiger partial charge in [0.15, 0.2) is 11.5 Å². The lowest BCUT2D eigenvalue weighted by Gasteiger charge is -2.12. The average molecular weight is 366 g/mol. The molecule has 3 aromatic rings. The normalized spacial score (nSPS) is 13.4. The van der Waals surface area contributed by atoms with Crippen LogP contribution in [0.4, 0.5) is 0 Å². The van der Waals surface area contributed by atoms with Gasteiger partial charge in [-0.1, -0.05) is 18.2 Å². The first kappa shape index (κ1) is 17.0. The maximum Gasteiger partial charge on any atom is 0.251 e. The van der Waals surface area contributed by atoms with Crippen LogP contribution >= 0.6 is 0 Å². The van der Waals surface area contributed by atoms with E-state index >= 15 is 0 Å². The number of benzene rings is 2. The topological polar surface area (TPSA) is 89.8 Å². The second-order valence-corrected chi connectivity index (χ2v) is 6.23. The van der Waals surface area contributed by atoms with Gasteiger partial charge in [-0.25, -0.2) is 0 Å². The van der Waals surface area contributed by atoms with Crippen LogP contribution in [0.2, 0.25) is 0 Å². The summed E-state index contributed by atoms with van der Waals surface area (Å²) >= 11 is 0. The van der Waals surface area contributed by atoms with Crippen LogP contribution in [-0.4, -0.2) is 25.2 Å². The molecule has 0 unspecified atom stereocenters. The van der Waals surface area contributed by atoms with E-state index in [4.69, 9.17) is 13.9 Å². The molecule has 1 aromatic heterocycles. The van der Waals surface area contributed by atoms with Gasteiger partial charge in [0.2, 0.25) is 12.7 Å². The third-order valence-corrected chi connectivity index (χ3v) is 4.29. The molecule has 0 fully saturated rings. The van der Waals surface area contributed by atoms with E-state index in [1.54, 1.807) is 18.2 Å². The molecule has 0 saturated carbocycles. The van der Waals surface area contributed by atoms with Crippen molar-refractivity contribution in [3.05, 3.63) is 59.9 Å². The molecule has 0 spiro atoms. The summed E-state index contributed by atoms with van der Waals surface area (Å²) < 4.78 is 16.2. The van der Waals surface area contributed by atoms with Crippen molar-refractivity contribution in [2.75, 3.05) is 13.3 Å². The zero-order valence-corrected chi connectivity index (χ0v) is 14.7. The number of carbonyl (C=O) groups is 2. The monoisotopic (exact) mass is 366 g/mol. The Morgan fingerprint density at radius 1 is 1.07 bits per heavy atom. The van der Waals surface area contributed by atoms with Gasteiger partial charge < -0.3 is 24.5 Å². The van der Waals surface area contributed by atoms with E-state index in [1.165, 1.54) is 0 Å². The fourth-order valence-electron chi connectivity index (χ4n) is 2.88. The van der Waals surface area contributed by atoms with Gasteiger partial charge in [0.1, 0.15) is 11.3 Å². The Morgan fingerprint density at radius 2 is 1.89 bits per heavy atom. The first-order valence-corrected chi connectivity index (χ1v) is 8.56. The molecule has 4 rings (SSSR count). The Bertz CT molecular complexity index is 978. The van der Waals surface area contributed by atoms with Crippen LogP contribution in [0.5, 0.6) is 11.5 Å². The van der Waals surface area contributed by atoms with Crippen molar-refractivity contribution in [1.29, 1.82) is 0 Å². The summed E-state index contributed by atoms with van der Waals surface area (Å²) in [5.74, 6) is 1.11. The molecular formula is C20H18N2O5. The summed E-state index contributed by atoms with van der Waals surface area (Å²) in [4.78, 5) is 24.4. The Balaban J connectivity index is 1.33. The van der Waals surface area contributed by atoms with E-state index in [9.17, 15) is 9.59 Å². The summed E-state index contributed by atoms with van der Waals surface area (Å²) in [6.45, 7) is 1.83. The summed E-state index contributed by atoms with van der Waals surface area (Å²) in [7, 11) is 0. The third kappa shape index (κ3) is 3.57. The number of amides is 2. The van der Waals surface area contributed by atoms with Crippen LogP contribution in [0.15, 0.2) is 52.9 Å². The number of furan rings is 1. The van der Waals surface area contributed by atoms with Crippen LogP contribution in [-0.2, 0) is 4.79 Å². The molecule has 0 saturated heterocycles. The number of hydrogen-bond acceptors (Lipinski definition) is 5. The molecule has 2 amide bonds. The molecule has 1 atom stereocenters. The van der Waals surface area contributed by atoms with Gasteiger partial charge in [0, 0.05) is 10.9 Å². The van der Waals surface area contributed by atoms with Crippen molar-refractivity contribution in [3.63, 3.8) is 0 Å². The van der Waals surface area contributed by atoms with E-state index in [1.807, 2.05) is 37.3 Å². The number of fused-ring (bicyclic) bond motifs is 2. The number of carbonyl (C=O) groups excluding carboxylic acids is 2. The minimum absolute atomic E-state index is 0.141. The molecule has 7 heteroatoms. The molecule has 2 aromatic carbocycles. The molecule has 7 nitrogen and oxygen atoms in total. The zero-order chi connectivity index (χ0) is 18.8. The van der Waals surface area contributed by atoms with Gasteiger partial charge in [-0.2, -0.15) is 0 Å². The second kappa shape index (κ2) is 7.03. The van der Waals surface area contributed by atoms with E-state index < -0.39 is 0 Å². The molecule has 2 N–H and O–H groups in total. The molecular weight excluding hydrogens is 348 g/mol. The van der Waals surface area contributed by atoms with E-state index in [0.29, 0.717) is 22.8 Å². The van der Waals surface area contributed by atoms with Gasteiger partial charge >= 0.3 is 0 Å². The lowest BCUT2D eigenvalue weighted by atomic mass is 10.2. The van der Waals surface area contributed by atoms with Gasteiger partial charge in [0.05, 0.1) is 12.6 Å². The summed E-state index contributed by atoms with van der Waals surface area (Å²) in [6, 6.07) is 14.1. The maximum atomic E-state index is 12.2. The number of para-hydroxylation sites is 1. The van der Waals surface area contributed by atoms with Gasteiger partial charge in [0.25, 0.3) is 5.91 Å². The second-order valence-electron chi connectivity index (χ2n) is 6.23.